The summed E-state index contributed by atoms with van der Waals surface area (Å²) in [6, 6.07) is 2.23. The first-order valence-electron chi connectivity index (χ1n) is 5.90. The first-order valence-corrected chi connectivity index (χ1v) is 6.28. The van der Waals surface area contributed by atoms with Gasteiger partial charge in [-0.3, -0.25) is 4.90 Å². The smallest absolute Gasteiger partial charge is 0.144 e. The van der Waals surface area contributed by atoms with E-state index in [-0.39, 0.29) is 5.41 Å². The maximum absolute atomic E-state index is 5.93. The molecule has 1 heterocycles. The maximum Gasteiger partial charge on any atom is 0.144 e. The largest absolute Gasteiger partial charge is 0.296 e. The van der Waals surface area contributed by atoms with Crippen LogP contribution in [0.1, 0.15) is 39.2 Å². The molecule has 96 valence electrons. The van der Waals surface area contributed by atoms with Crippen LogP contribution in [0, 0.1) is 12.3 Å². The van der Waals surface area contributed by atoms with Gasteiger partial charge in [-0.15, -0.1) is 0 Å². The second-order valence-corrected chi connectivity index (χ2v) is 6.09. The zero-order valence-corrected chi connectivity index (χ0v) is 12.3. The summed E-state index contributed by atoms with van der Waals surface area (Å²) in [5.41, 5.74) is 1.15. The molecule has 0 bridgehead atoms. The SMILES string of the molecule is Cc1cc(Cl)nc(CN(C)C(C)C(C)(C)C)n1. The Bertz CT molecular complexity index is 364. The van der Waals surface area contributed by atoms with E-state index >= 15 is 0 Å². The molecule has 3 nitrogen and oxygen atoms in total. The Morgan fingerprint density at radius 2 is 1.94 bits per heavy atom. The summed E-state index contributed by atoms with van der Waals surface area (Å²) in [6.45, 7) is 11.6. The van der Waals surface area contributed by atoms with Crippen LogP contribution in [0.5, 0.6) is 0 Å². The molecule has 0 fully saturated rings. The highest BCUT2D eigenvalue weighted by Crippen LogP contribution is 2.23. The van der Waals surface area contributed by atoms with Crippen molar-refractivity contribution >= 4 is 11.6 Å². The van der Waals surface area contributed by atoms with E-state index in [1.807, 2.05) is 6.92 Å². The first-order chi connectivity index (χ1) is 7.70. The van der Waals surface area contributed by atoms with E-state index < -0.39 is 0 Å². The average molecular weight is 256 g/mol. The Hall–Kier alpha value is -0.670. The third-order valence-electron chi connectivity index (χ3n) is 3.17. The van der Waals surface area contributed by atoms with Crippen molar-refractivity contribution in [1.82, 2.24) is 14.9 Å². The molecule has 0 aliphatic heterocycles. The Morgan fingerprint density at radius 1 is 1.35 bits per heavy atom. The van der Waals surface area contributed by atoms with E-state index in [4.69, 9.17) is 11.6 Å². The summed E-state index contributed by atoms with van der Waals surface area (Å²) in [4.78, 5) is 10.9. The van der Waals surface area contributed by atoms with Crippen LogP contribution in [-0.4, -0.2) is 28.0 Å². The minimum atomic E-state index is 0.238. The number of aryl methyl sites for hydroxylation is 1. The highest BCUT2D eigenvalue weighted by atomic mass is 35.5. The van der Waals surface area contributed by atoms with Gasteiger partial charge in [0, 0.05) is 11.7 Å². The molecule has 0 saturated carbocycles. The maximum atomic E-state index is 5.93. The number of rotatable bonds is 3. The van der Waals surface area contributed by atoms with Crippen LogP contribution >= 0.6 is 11.6 Å². The summed E-state index contributed by atoms with van der Waals surface area (Å²) in [7, 11) is 2.09. The summed E-state index contributed by atoms with van der Waals surface area (Å²) in [5.74, 6) is 0.786. The Kier molecular flexibility index (Phi) is 4.50. The predicted octanol–water partition coefficient (Wildman–Crippen LogP) is 3.30. The molecule has 0 aromatic carbocycles. The molecule has 1 atom stereocenters. The van der Waals surface area contributed by atoms with Crippen molar-refractivity contribution in [2.75, 3.05) is 7.05 Å². The molecule has 17 heavy (non-hydrogen) atoms. The zero-order chi connectivity index (χ0) is 13.2. The van der Waals surface area contributed by atoms with Gasteiger partial charge in [-0.2, -0.15) is 0 Å². The number of hydrogen-bond acceptors (Lipinski definition) is 3. The fraction of sp³-hybridized carbons (Fsp3) is 0.692. The van der Waals surface area contributed by atoms with Crippen molar-refractivity contribution in [3.05, 3.63) is 22.7 Å². The average Bonchev–Trinajstić information content (AvgIpc) is 2.13. The molecule has 1 aromatic rings. The molecule has 0 spiro atoms. The van der Waals surface area contributed by atoms with E-state index in [2.05, 4.69) is 49.6 Å². The minimum absolute atomic E-state index is 0.238. The highest BCUT2D eigenvalue weighted by Gasteiger charge is 2.24. The van der Waals surface area contributed by atoms with Gasteiger partial charge >= 0.3 is 0 Å². The molecule has 0 aliphatic rings. The van der Waals surface area contributed by atoms with Crippen molar-refractivity contribution in [3.63, 3.8) is 0 Å². The Labute approximate surface area is 109 Å². The number of nitrogens with zero attached hydrogens (tertiary/aromatic N) is 3. The quantitative estimate of drug-likeness (QED) is 0.776. The zero-order valence-electron chi connectivity index (χ0n) is 11.6. The molecule has 0 amide bonds. The molecule has 0 aliphatic carbocycles. The van der Waals surface area contributed by atoms with Gasteiger partial charge in [0.25, 0.3) is 0 Å². The number of hydrogen-bond donors (Lipinski definition) is 0. The van der Waals surface area contributed by atoms with Gasteiger partial charge in [0.15, 0.2) is 0 Å². The van der Waals surface area contributed by atoms with Crippen LogP contribution < -0.4 is 0 Å². The van der Waals surface area contributed by atoms with E-state index in [0.717, 1.165) is 18.1 Å². The lowest BCUT2D eigenvalue weighted by molar-refractivity contribution is 0.132. The van der Waals surface area contributed by atoms with E-state index in [0.29, 0.717) is 11.2 Å². The monoisotopic (exact) mass is 255 g/mol. The van der Waals surface area contributed by atoms with E-state index in [1.165, 1.54) is 0 Å². The van der Waals surface area contributed by atoms with Crippen molar-refractivity contribution in [1.29, 1.82) is 0 Å². The lowest BCUT2D eigenvalue weighted by Crippen LogP contribution is -2.39. The molecule has 0 N–H and O–H groups in total. The third kappa shape index (κ3) is 4.25. The summed E-state index contributed by atoms with van der Waals surface area (Å²) in [5, 5.41) is 0.518. The molecule has 1 aromatic heterocycles. The van der Waals surface area contributed by atoms with Gasteiger partial charge in [-0.1, -0.05) is 32.4 Å². The van der Waals surface area contributed by atoms with Crippen LogP contribution in [0.3, 0.4) is 0 Å². The van der Waals surface area contributed by atoms with E-state index in [1.54, 1.807) is 6.07 Å². The van der Waals surface area contributed by atoms with Crippen LogP contribution in [0.15, 0.2) is 6.07 Å². The standard InChI is InChI=1S/C13H22ClN3/c1-9-7-11(14)16-12(15-9)8-17(6)10(2)13(3,4)5/h7,10H,8H2,1-6H3. The van der Waals surface area contributed by atoms with E-state index in [9.17, 15) is 0 Å². The minimum Gasteiger partial charge on any atom is -0.296 e. The van der Waals surface area contributed by atoms with Crippen LogP contribution in [0.25, 0.3) is 0 Å². The summed E-state index contributed by atoms with van der Waals surface area (Å²) in [6.07, 6.45) is 0. The summed E-state index contributed by atoms with van der Waals surface area (Å²) >= 11 is 5.93. The van der Waals surface area contributed by atoms with Crippen molar-refractivity contribution < 1.29 is 0 Å². The molecule has 0 saturated heterocycles. The van der Waals surface area contributed by atoms with Gasteiger partial charge < -0.3 is 0 Å². The molecule has 1 unspecified atom stereocenters. The Balaban J connectivity index is 2.77. The number of halogens is 1. The molecular formula is C13H22ClN3. The van der Waals surface area contributed by atoms with Crippen molar-refractivity contribution in [2.45, 2.75) is 47.2 Å². The summed E-state index contributed by atoms with van der Waals surface area (Å²) < 4.78 is 0. The fourth-order valence-corrected chi connectivity index (χ4v) is 1.94. The molecule has 0 radical (unpaired) electrons. The third-order valence-corrected chi connectivity index (χ3v) is 3.37. The van der Waals surface area contributed by atoms with Crippen molar-refractivity contribution in [2.24, 2.45) is 5.41 Å². The van der Waals surface area contributed by atoms with Gasteiger partial charge in [-0.25, -0.2) is 9.97 Å². The molecule has 4 heteroatoms. The lowest BCUT2D eigenvalue weighted by atomic mass is 9.87. The predicted molar refractivity (Wildman–Crippen MR) is 72.2 cm³/mol. The topological polar surface area (TPSA) is 29.0 Å². The Morgan fingerprint density at radius 3 is 2.41 bits per heavy atom. The first kappa shape index (κ1) is 14.4. The molecular weight excluding hydrogens is 234 g/mol. The number of aromatic nitrogens is 2. The van der Waals surface area contributed by atoms with Crippen molar-refractivity contribution in [3.8, 4) is 0 Å². The highest BCUT2D eigenvalue weighted by molar-refractivity contribution is 6.29. The second-order valence-electron chi connectivity index (χ2n) is 5.71. The van der Waals surface area contributed by atoms with Gasteiger partial charge in [0.1, 0.15) is 11.0 Å². The molecule has 1 rings (SSSR count). The normalized spacial score (nSPS) is 14.1. The lowest BCUT2D eigenvalue weighted by Gasteiger charge is -2.34. The second kappa shape index (κ2) is 5.32. The van der Waals surface area contributed by atoms with Gasteiger partial charge in [0.2, 0.25) is 0 Å². The van der Waals surface area contributed by atoms with Gasteiger partial charge in [0.05, 0.1) is 6.54 Å². The van der Waals surface area contributed by atoms with Crippen LogP contribution in [-0.2, 0) is 6.54 Å². The van der Waals surface area contributed by atoms with Gasteiger partial charge in [-0.05, 0) is 32.4 Å². The fourth-order valence-electron chi connectivity index (χ4n) is 1.68. The van der Waals surface area contributed by atoms with Crippen LogP contribution in [0.4, 0.5) is 0 Å². The van der Waals surface area contributed by atoms with Crippen LogP contribution in [0.2, 0.25) is 5.15 Å².